The number of nitrogens with zero attached hydrogens (tertiary/aromatic N) is 3. The average Bonchev–Trinajstić information content (AvgIpc) is 3.08. The van der Waals surface area contributed by atoms with Crippen molar-refractivity contribution in [2.24, 2.45) is 5.92 Å². The number of amides is 2. The molecule has 2 aromatic carbocycles. The number of ether oxygens (including phenoxy) is 1. The van der Waals surface area contributed by atoms with E-state index in [1.165, 1.54) is 21.4 Å². The summed E-state index contributed by atoms with van der Waals surface area (Å²) in [5.41, 5.74) is 1.16. The van der Waals surface area contributed by atoms with Crippen molar-refractivity contribution in [2.75, 3.05) is 44.7 Å². The van der Waals surface area contributed by atoms with E-state index in [0.29, 0.717) is 29.5 Å². The highest BCUT2D eigenvalue weighted by molar-refractivity contribution is 6.09. The van der Waals surface area contributed by atoms with E-state index in [2.05, 4.69) is 29.2 Å². The molecule has 2 saturated heterocycles. The van der Waals surface area contributed by atoms with Crippen LogP contribution in [0.25, 0.3) is 0 Å². The van der Waals surface area contributed by atoms with E-state index in [0.717, 1.165) is 32.5 Å². The highest BCUT2D eigenvalue weighted by atomic mass is 19.1. The van der Waals surface area contributed by atoms with E-state index >= 15 is 4.39 Å². The van der Waals surface area contributed by atoms with Crippen molar-refractivity contribution in [1.29, 1.82) is 0 Å². The number of anilines is 1. The first-order chi connectivity index (χ1) is 16.9. The van der Waals surface area contributed by atoms with Crippen LogP contribution in [-0.2, 0) is 16.8 Å². The lowest BCUT2D eigenvalue weighted by Crippen LogP contribution is -2.49. The van der Waals surface area contributed by atoms with E-state index in [1.54, 1.807) is 13.1 Å². The number of likely N-dealkylation sites (N-methyl/N-ethyl adjacent to an activating group) is 1. The Morgan fingerprint density at radius 3 is 2.43 bits per heavy atom. The molecule has 1 N–H and O–H groups in total. The van der Waals surface area contributed by atoms with Crippen LogP contribution in [0.3, 0.4) is 0 Å². The summed E-state index contributed by atoms with van der Waals surface area (Å²) in [6, 6.07) is 13.5. The molecule has 7 nitrogen and oxygen atoms in total. The third kappa shape index (κ3) is 4.35. The third-order valence-corrected chi connectivity index (χ3v) is 7.94. The van der Waals surface area contributed by atoms with E-state index in [1.807, 2.05) is 6.07 Å². The van der Waals surface area contributed by atoms with Gasteiger partial charge in [0.15, 0.2) is 0 Å². The van der Waals surface area contributed by atoms with Crippen LogP contribution >= 0.6 is 0 Å². The summed E-state index contributed by atoms with van der Waals surface area (Å²) < 4.78 is 21.4. The molecule has 0 aliphatic carbocycles. The molecular weight excluding hydrogens is 449 g/mol. The first-order valence-electron chi connectivity index (χ1n) is 12.4. The number of piperidine rings is 2. The first kappa shape index (κ1) is 23.6. The number of halogens is 1. The SMILES string of the molecule is CN1C(=O)C2(CCN(C(=O)O)CC2)c2c(F)ccc(OCC3CCN(Cc4ccccc4)CC3)c21. The van der Waals surface area contributed by atoms with Crippen LogP contribution in [0.4, 0.5) is 14.9 Å². The van der Waals surface area contributed by atoms with Gasteiger partial charge < -0.3 is 19.6 Å². The number of carboxylic acid groups (broad SMARTS) is 1. The van der Waals surface area contributed by atoms with Crippen molar-refractivity contribution >= 4 is 17.7 Å². The second-order valence-corrected chi connectivity index (χ2v) is 10.0. The molecule has 35 heavy (non-hydrogen) atoms. The number of hydrogen-bond donors (Lipinski definition) is 1. The molecule has 0 unspecified atom stereocenters. The van der Waals surface area contributed by atoms with Gasteiger partial charge in [-0.25, -0.2) is 9.18 Å². The predicted octanol–water partition coefficient (Wildman–Crippen LogP) is 4.10. The molecule has 3 aliphatic rings. The van der Waals surface area contributed by atoms with Crippen LogP contribution in [0, 0.1) is 11.7 Å². The smallest absolute Gasteiger partial charge is 0.407 e. The molecule has 0 saturated carbocycles. The van der Waals surface area contributed by atoms with E-state index in [4.69, 9.17) is 4.74 Å². The van der Waals surface area contributed by atoms with Gasteiger partial charge in [-0.2, -0.15) is 0 Å². The Kier molecular flexibility index (Phi) is 6.40. The van der Waals surface area contributed by atoms with Crippen molar-refractivity contribution in [3.05, 3.63) is 59.4 Å². The van der Waals surface area contributed by atoms with Crippen LogP contribution in [0.2, 0.25) is 0 Å². The second-order valence-electron chi connectivity index (χ2n) is 10.0. The molecule has 186 valence electrons. The van der Waals surface area contributed by atoms with Crippen LogP contribution in [0.5, 0.6) is 5.75 Å². The van der Waals surface area contributed by atoms with Gasteiger partial charge >= 0.3 is 6.09 Å². The van der Waals surface area contributed by atoms with Gasteiger partial charge in [0.2, 0.25) is 5.91 Å². The molecule has 2 amide bonds. The lowest BCUT2D eigenvalue weighted by atomic mass is 9.73. The zero-order valence-electron chi connectivity index (χ0n) is 20.1. The fourth-order valence-corrected chi connectivity index (χ4v) is 5.89. The maximum absolute atomic E-state index is 15.1. The molecule has 0 radical (unpaired) electrons. The zero-order valence-corrected chi connectivity index (χ0v) is 20.1. The zero-order chi connectivity index (χ0) is 24.6. The van der Waals surface area contributed by atoms with Gasteiger partial charge in [-0.3, -0.25) is 9.69 Å². The van der Waals surface area contributed by atoms with Crippen LogP contribution in [0.15, 0.2) is 42.5 Å². The van der Waals surface area contributed by atoms with E-state index in [-0.39, 0.29) is 31.8 Å². The molecule has 8 heteroatoms. The van der Waals surface area contributed by atoms with Gasteiger partial charge in [0.05, 0.1) is 17.7 Å². The van der Waals surface area contributed by atoms with Crippen LogP contribution < -0.4 is 9.64 Å². The minimum absolute atomic E-state index is 0.179. The predicted molar refractivity (Wildman–Crippen MR) is 130 cm³/mol. The minimum Gasteiger partial charge on any atom is -0.491 e. The Labute approximate surface area is 205 Å². The van der Waals surface area contributed by atoms with Crippen molar-refractivity contribution in [3.63, 3.8) is 0 Å². The second kappa shape index (κ2) is 9.49. The Morgan fingerprint density at radius 1 is 1.09 bits per heavy atom. The molecule has 0 atom stereocenters. The van der Waals surface area contributed by atoms with Crippen molar-refractivity contribution < 1.29 is 23.8 Å². The Morgan fingerprint density at radius 2 is 1.77 bits per heavy atom. The van der Waals surface area contributed by atoms with E-state index < -0.39 is 17.3 Å². The molecule has 2 aromatic rings. The van der Waals surface area contributed by atoms with Gasteiger partial charge in [-0.15, -0.1) is 0 Å². The molecule has 0 aromatic heterocycles. The summed E-state index contributed by atoms with van der Waals surface area (Å²) in [5, 5.41) is 9.30. The Hall–Kier alpha value is -3.13. The third-order valence-electron chi connectivity index (χ3n) is 7.94. The monoisotopic (exact) mass is 481 g/mol. The standard InChI is InChI=1S/C27H32FN3O4/c1-29-24-22(35-18-20-9-13-30(14-10-20)17-19-5-3-2-4-6-19)8-7-21(28)23(24)27(25(29)32)11-15-31(16-12-27)26(33)34/h2-8,20H,9-18H2,1H3,(H,33,34). The Balaban J connectivity index is 1.26. The molecule has 0 bridgehead atoms. The topological polar surface area (TPSA) is 73.3 Å². The summed E-state index contributed by atoms with van der Waals surface area (Å²) in [6.45, 7) is 3.91. The quantitative estimate of drug-likeness (QED) is 0.696. The van der Waals surface area contributed by atoms with Gasteiger partial charge in [-0.1, -0.05) is 30.3 Å². The van der Waals surface area contributed by atoms with Gasteiger partial charge in [0, 0.05) is 32.2 Å². The van der Waals surface area contributed by atoms with Crippen LogP contribution in [0.1, 0.15) is 36.8 Å². The van der Waals surface area contributed by atoms with Crippen molar-refractivity contribution in [3.8, 4) is 5.75 Å². The maximum atomic E-state index is 15.1. The molecule has 2 fully saturated rings. The highest BCUT2D eigenvalue weighted by Gasteiger charge is 2.54. The summed E-state index contributed by atoms with van der Waals surface area (Å²) in [4.78, 5) is 30.0. The molecule has 3 heterocycles. The summed E-state index contributed by atoms with van der Waals surface area (Å²) in [7, 11) is 1.66. The van der Waals surface area contributed by atoms with Gasteiger partial charge in [0.25, 0.3) is 0 Å². The van der Waals surface area contributed by atoms with Gasteiger partial charge in [-0.05, 0) is 62.4 Å². The fraction of sp³-hybridized carbons (Fsp3) is 0.481. The van der Waals surface area contributed by atoms with Gasteiger partial charge in [0.1, 0.15) is 11.6 Å². The van der Waals surface area contributed by atoms with Crippen molar-refractivity contribution in [2.45, 2.75) is 37.6 Å². The number of carbonyl (C=O) groups is 2. The molecule has 3 aliphatic heterocycles. The number of carbonyl (C=O) groups excluding carboxylic acids is 1. The lowest BCUT2D eigenvalue weighted by Gasteiger charge is -2.37. The van der Waals surface area contributed by atoms with Crippen molar-refractivity contribution in [1.82, 2.24) is 9.80 Å². The molecular formula is C27H32FN3O4. The number of likely N-dealkylation sites (tertiary alicyclic amines) is 2. The average molecular weight is 482 g/mol. The number of rotatable bonds is 5. The Bertz CT molecular complexity index is 1090. The minimum atomic E-state index is -1.03. The summed E-state index contributed by atoms with van der Waals surface area (Å²) in [6.07, 6.45) is 1.59. The number of benzene rings is 2. The summed E-state index contributed by atoms with van der Waals surface area (Å²) in [5.74, 6) is 0.323. The van der Waals surface area contributed by atoms with Crippen LogP contribution in [-0.4, -0.2) is 66.7 Å². The summed E-state index contributed by atoms with van der Waals surface area (Å²) >= 11 is 0. The molecule has 5 rings (SSSR count). The number of fused-ring (bicyclic) bond motifs is 2. The largest absolute Gasteiger partial charge is 0.491 e. The first-order valence-corrected chi connectivity index (χ1v) is 12.4. The highest BCUT2D eigenvalue weighted by Crippen LogP contribution is 2.52. The normalized spacial score (nSPS) is 20.3. The molecule has 1 spiro atoms. The van der Waals surface area contributed by atoms with E-state index in [9.17, 15) is 14.7 Å². The number of hydrogen-bond acceptors (Lipinski definition) is 4. The lowest BCUT2D eigenvalue weighted by molar-refractivity contribution is -0.124. The maximum Gasteiger partial charge on any atom is 0.407 e. The fourth-order valence-electron chi connectivity index (χ4n) is 5.89.